The van der Waals surface area contributed by atoms with Crippen LogP contribution in [-0.4, -0.2) is 51.0 Å². The van der Waals surface area contributed by atoms with Gasteiger partial charge in [0.15, 0.2) is 0 Å². The molecule has 0 saturated heterocycles. The summed E-state index contributed by atoms with van der Waals surface area (Å²) >= 11 is 0. The summed E-state index contributed by atoms with van der Waals surface area (Å²) in [6.07, 6.45) is 2.51. The van der Waals surface area contributed by atoms with E-state index in [1.54, 1.807) is 0 Å². The van der Waals surface area contributed by atoms with Crippen molar-refractivity contribution < 1.29 is 24.6 Å². The van der Waals surface area contributed by atoms with E-state index in [4.69, 9.17) is 10.2 Å². The molecular weight excluding hydrogens is 240 g/mol. The minimum absolute atomic E-state index is 0.150. The van der Waals surface area contributed by atoms with Crippen LogP contribution in [0.4, 0.5) is 0 Å². The van der Waals surface area contributed by atoms with Crippen LogP contribution in [-0.2, 0) is 9.59 Å². The molecule has 0 atom stereocenters. The lowest BCUT2D eigenvalue weighted by Gasteiger charge is -2.19. The van der Waals surface area contributed by atoms with Crippen LogP contribution in [0.15, 0.2) is 24.5 Å². The van der Waals surface area contributed by atoms with Gasteiger partial charge < -0.3 is 15.1 Å². The van der Waals surface area contributed by atoms with Gasteiger partial charge in [-0.3, -0.25) is 19.4 Å². The summed E-state index contributed by atoms with van der Waals surface area (Å²) in [5, 5.41) is 17.2. The standard InChI is InChI=1S/C11H12N2O5/c14-9(15)3-6-13(7-10(16)17)11(18)8-1-4-12-5-2-8/h1-2,4-5H,3,6-7H2,(H,14,15)(H,16,17). The van der Waals surface area contributed by atoms with E-state index >= 15 is 0 Å². The third-order valence-corrected chi connectivity index (χ3v) is 2.14. The lowest BCUT2D eigenvalue weighted by Crippen LogP contribution is -2.37. The Balaban J connectivity index is 2.78. The van der Waals surface area contributed by atoms with Gasteiger partial charge in [-0.15, -0.1) is 0 Å². The highest BCUT2D eigenvalue weighted by Crippen LogP contribution is 2.04. The van der Waals surface area contributed by atoms with Crippen molar-refractivity contribution in [1.82, 2.24) is 9.88 Å². The van der Waals surface area contributed by atoms with E-state index in [-0.39, 0.29) is 18.5 Å². The van der Waals surface area contributed by atoms with Crippen molar-refractivity contribution in [1.29, 1.82) is 0 Å². The van der Waals surface area contributed by atoms with Crippen molar-refractivity contribution >= 4 is 17.8 Å². The predicted molar refractivity (Wildman–Crippen MR) is 60.0 cm³/mol. The normalized spacial score (nSPS) is 9.78. The van der Waals surface area contributed by atoms with Crippen LogP contribution in [0.5, 0.6) is 0 Å². The Hall–Kier alpha value is -2.44. The Morgan fingerprint density at radius 1 is 1.11 bits per heavy atom. The van der Waals surface area contributed by atoms with E-state index in [9.17, 15) is 14.4 Å². The second-order valence-electron chi connectivity index (χ2n) is 3.50. The highest BCUT2D eigenvalue weighted by Gasteiger charge is 2.19. The van der Waals surface area contributed by atoms with Crippen LogP contribution in [0, 0.1) is 0 Å². The van der Waals surface area contributed by atoms with E-state index in [1.807, 2.05) is 0 Å². The average molecular weight is 252 g/mol. The van der Waals surface area contributed by atoms with Crippen LogP contribution in [0.25, 0.3) is 0 Å². The SMILES string of the molecule is O=C(O)CCN(CC(=O)O)C(=O)c1ccncc1. The van der Waals surface area contributed by atoms with Crippen LogP contribution < -0.4 is 0 Å². The molecule has 0 saturated carbocycles. The van der Waals surface area contributed by atoms with Crippen molar-refractivity contribution in [2.24, 2.45) is 0 Å². The fourth-order valence-electron chi connectivity index (χ4n) is 1.32. The van der Waals surface area contributed by atoms with Gasteiger partial charge in [0.2, 0.25) is 0 Å². The molecule has 7 heteroatoms. The van der Waals surface area contributed by atoms with Crippen LogP contribution in [0.3, 0.4) is 0 Å². The molecule has 0 aromatic carbocycles. The maximum Gasteiger partial charge on any atom is 0.323 e. The van der Waals surface area contributed by atoms with Gasteiger partial charge in [0.1, 0.15) is 6.54 Å². The molecule has 1 amide bonds. The summed E-state index contributed by atoms with van der Waals surface area (Å²) in [5.74, 6) is -2.81. The molecule has 0 spiro atoms. The van der Waals surface area contributed by atoms with Crippen molar-refractivity contribution in [3.8, 4) is 0 Å². The summed E-state index contributed by atoms with van der Waals surface area (Å²) in [7, 11) is 0. The number of aromatic nitrogens is 1. The molecular formula is C11H12N2O5. The number of rotatable bonds is 6. The molecule has 1 rings (SSSR count). The highest BCUT2D eigenvalue weighted by atomic mass is 16.4. The Morgan fingerprint density at radius 2 is 1.72 bits per heavy atom. The summed E-state index contributed by atoms with van der Waals surface area (Å²) in [4.78, 5) is 37.7. The second kappa shape index (κ2) is 6.33. The second-order valence-corrected chi connectivity index (χ2v) is 3.50. The molecule has 2 N–H and O–H groups in total. The summed E-state index contributed by atoms with van der Waals surface area (Å²) < 4.78 is 0. The molecule has 0 aliphatic rings. The molecule has 7 nitrogen and oxygen atoms in total. The first kappa shape index (κ1) is 13.6. The molecule has 18 heavy (non-hydrogen) atoms. The molecule has 0 aliphatic carbocycles. The number of hydrogen-bond acceptors (Lipinski definition) is 4. The Labute approximate surface area is 103 Å². The van der Waals surface area contributed by atoms with Crippen molar-refractivity contribution in [2.75, 3.05) is 13.1 Å². The average Bonchev–Trinajstić information content (AvgIpc) is 2.34. The van der Waals surface area contributed by atoms with Gasteiger partial charge in [0, 0.05) is 24.5 Å². The summed E-state index contributed by atoms with van der Waals surface area (Å²) in [5.41, 5.74) is 0.275. The quantitative estimate of drug-likeness (QED) is 0.742. The van der Waals surface area contributed by atoms with Crippen LogP contribution in [0.2, 0.25) is 0 Å². The van der Waals surface area contributed by atoms with Gasteiger partial charge in [-0.2, -0.15) is 0 Å². The molecule has 0 radical (unpaired) electrons. The fraction of sp³-hybridized carbons (Fsp3) is 0.273. The number of hydrogen-bond donors (Lipinski definition) is 2. The van der Waals surface area contributed by atoms with Crippen molar-refractivity contribution in [2.45, 2.75) is 6.42 Å². The van der Waals surface area contributed by atoms with Crippen molar-refractivity contribution in [3.05, 3.63) is 30.1 Å². The molecule has 1 aromatic rings. The van der Waals surface area contributed by atoms with Gasteiger partial charge in [-0.1, -0.05) is 0 Å². The van der Waals surface area contributed by atoms with E-state index in [2.05, 4.69) is 4.98 Å². The number of amides is 1. The predicted octanol–water partition coefficient (Wildman–Crippen LogP) is 0.0831. The van der Waals surface area contributed by atoms with Gasteiger partial charge in [0.05, 0.1) is 6.42 Å². The number of pyridine rings is 1. The number of carbonyl (C=O) groups excluding carboxylic acids is 1. The number of carbonyl (C=O) groups is 3. The summed E-state index contributed by atoms with van der Waals surface area (Å²) in [6, 6.07) is 2.88. The highest BCUT2D eigenvalue weighted by molar-refractivity contribution is 5.95. The molecule has 96 valence electrons. The van der Waals surface area contributed by atoms with Crippen LogP contribution >= 0.6 is 0 Å². The lowest BCUT2D eigenvalue weighted by atomic mass is 10.2. The molecule has 0 aliphatic heterocycles. The van der Waals surface area contributed by atoms with E-state index < -0.39 is 24.4 Å². The number of carboxylic acids is 2. The van der Waals surface area contributed by atoms with Crippen LogP contribution in [0.1, 0.15) is 16.8 Å². The molecule has 0 unspecified atom stereocenters. The van der Waals surface area contributed by atoms with Gasteiger partial charge in [-0.25, -0.2) is 0 Å². The number of nitrogens with zero attached hydrogens (tertiary/aromatic N) is 2. The van der Waals surface area contributed by atoms with Crippen molar-refractivity contribution in [3.63, 3.8) is 0 Å². The molecule has 0 bridgehead atoms. The Morgan fingerprint density at radius 3 is 2.22 bits per heavy atom. The smallest absolute Gasteiger partial charge is 0.323 e. The van der Waals surface area contributed by atoms with E-state index in [1.165, 1.54) is 24.5 Å². The van der Waals surface area contributed by atoms with E-state index in [0.717, 1.165) is 4.90 Å². The molecule has 1 heterocycles. The zero-order valence-corrected chi connectivity index (χ0v) is 9.44. The zero-order chi connectivity index (χ0) is 13.5. The maximum absolute atomic E-state index is 11.9. The minimum Gasteiger partial charge on any atom is -0.481 e. The molecule has 0 fully saturated rings. The Kier molecular flexibility index (Phi) is 4.79. The first-order chi connectivity index (χ1) is 8.50. The lowest BCUT2D eigenvalue weighted by molar-refractivity contribution is -0.140. The fourth-order valence-corrected chi connectivity index (χ4v) is 1.32. The number of carboxylic acid groups (broad SMARTS) is 2. The Bertz CT molecular complexity index is 446. The monoisotopic (exact) mass is 252 g/mol. The van der Waals surface area contributed by atoms with Gasteiger partial charge in [0.25, 0.3) is 5.91 Å². The maximum atomic E-state index is 11.9. The first-order valence-corrected chi connectivity index (χ1v) is 5.13. The van der Waals surface area contributed by atoms with Gasteiger partial charge >= 0.3 is 11.9 Å². The largest absolute Gasteiger partial charge is 0.481 e. The summed E-state index contributed by atoms with van der Waals surface area (Å²) in [6.45, 7) is -0.683. The van der Waals surface area contributed by atoms with E-state index in [0.29, 0.717) is 0 Å². The zero-order valence-electron chi connectivity index (χ0n) is 9.44. The van der Waals surface area contributed by atoms with Gasteiger partial charge in [-0.05, 0) is 12.1 Å². The molecule has 1 aromatic heterocycles. The third-order valence-electron chi connectivity index (χ3n) is 2.14. The topological polar surface area (TPSA) is 108 Å². The third kappa shape index (κ3) is 4.20. The number of aliphatic carboxylic acids is 2. The minimum atomic E-state index is -1.19. The first-order valence-electron chi connectivity index (χ1n) is 5.13.